The first-order chi connectivity index (χ1) is 14.3. The standard InChI is InChI=1S/C22H39N3O5Si/c1-21(2,3)31(5,6)30-14-12-17-18(26)24-22(19(27)28)15-16(22)11-9-7-8-10-13-25(4)20(29)23-17/h9,11,16-17H,7-8,10,12-15H2,1-6H3,(H,23,29)(H,24,26)(H,27,28)/b11-9+. The summed E-state index contributed by atoms with van der Waals surface area (Å²) in [6, 6.07) is -1.19. The third kappa shape index (κ3) is 6.32. The Balaban J connectivity index is 2.16. The molecule has 8 nitrogen and oxygen atoms in total. The van der Waals surface area contributed by atoms with E-state index in [1.807, 2.05) is 12.2 Å². The summed E-state index contributed by atoms with van der Waals surface area (Å²) >= 11 is 0. The van der Waals surface area contributed by atoms with Crippen LogP contribution in [-0.4, -0.2) is 68.0 Å². The molecule has 0 spiro atoms. The number of allylic oxidation sites excluding steroid dienone is 1. The Morgan fingerprint density at radius 1 is 1.32 bits per heavy atom. The number of carboxylic acid groups (broad SMARTS) is 1. The van der Waals surface area contributed by atoms with E-state index in [4.69, 9.17) is 4.43 Å². The third-order valence-electron chi connectivity index (χ3n) is 6.86. The lowest BCUT2D eigenvalue weighted by molar-refractivity contribution is -0.143. The number of nitrogens with one attached hydrogen (secondary N) is 2. The Labute approximate surface area is 186 Å². The fraction of sp³-hybridized carbons (Fsp3) is 0.773. The molecule has 3 unspecified atom stereocenters. The summed E-state index contributed by atoms with van der Waals surface area (Å²) < 4.78 is 6.19. The molecule has 2 rings (SSSR count). The normalized spacial score (nSPS) is 29.3. The molecule has 1 aliphatic carbocycles. The van der Waals surface area contributed by atoms with Crippen LogP contribution in [0.4, 0.5) is 4.79 Å². The zero-order valence-corrected chi connectivity index (χ0v) is 20.8. The van der Waals surface area contributed by atoms with Crippen molar-refractivity contribution in [2.75, 3.05) is 20.2 Å². The summed E-state index contributed by atoms with van der Waals surface area (Å²) in [5.41, 5.74) is -1.28. The molecule has 1 heterocycles. The Bertz CT molecular complexity index is 718. The molecule has 1 saturated carbocycles. The molecule has 176 valence electrons. The van der Waals surface area contributed by atoms with Gasteiger partial charge in [-0.25, -0.2) is 9.59 Å². The molecule has 1 fully saturated rings. The Kier molecular flexibility index (Phi) is 7.97. The van der Waals surface area contributed by atoms with Crippen LogP contribution >= 0.6 is 0 Å². The number of carbonyl (C=O) groups is 3. The minimum Gasteiger partial charge on any atom is -0.479 e. The maximum absolute atomic E-state index is 13.1. The molecule has 0 bridgehead atoms. The SMILES string of the molecule is CN1CCCC/C=C/C2CC2(C(=O)O)NC(=O)C(CCO[Si](C)(C)C(C)(C)C)NC1=O. The number of carbonyl (C=O) groups excluding carboxylic acids is 2. The topological polar surface area (TPSA) is 108 Å². The number of urea groups is 1. The number of aliphatic carboxylic acids is 1. The molecule has 0 saturated heterocycles. The summed E-state index contributed by atoms with van der Waals surface area (Å²) in [5, 5.41) is 15.3. The van der Waals surface area contributed by atoms with Gasteiger partial charge in [0.15, 0.2) is 8.32 Å². The highest BCUT2D eigenvalue weighted by atomic mass is 28.4. The van der Waals surface area contributed by atoms with Crippen LogP contribution in [0.15, 0.2) is 12.2 Å². The quantitative estimate of drug-likeness (QED) is 0.438. The molecule has 31 heavy (non-hydrogen) atoms. The number of hydrogen-bond donors (Lipinski definition) is 3. The third-order valence-corrected chi connectivity index (χ3v) is 11.4. The van der Waals surface area contributed by atoms with Gasteiger partial charge in [-0.2, -0.15) is 0 Å². The monoisotopic (exact) mass is 453 g/mol. The molecule has 0 radical (unpaired) electrons. The van der Waals surface area contributed by atoms with Gasteiger partial charge in [-0.15, -0.1) is 0 Å². The van der Waals surface area contributed by atoms with Crippen LogP contribution in [0.1, 0.15) is 52.9 Å². The van der Waals surface area contributed by atoms with Gasteiger partial charge in [0.25, 0.3) is 0 Å². The summed E-state index contributed by atoms with van der Waals surface area (Å²) in [5.74, 6) is -1.74. The van der Waals surface area contributed by atoms with Crippen molar-refractivity contribution in [1.29, 1.82) is 0 Å². The molecule has 0 aromatic rings. The molecule has 3 amide bonds. The second-order valence-corrected chi connectivity index (χ2v) is 15.1. The van der Waals surface area contributed by atoms with Gasteiger partial charge in [-0.05, 0) is 50.2 Å². The van der Waals surface area contributed by atoms with E-state index in [2.05, 4.69) is 44.5 Å². The number of fused-ring (bicyclic) bond motifs is 1. The van der Waals surface area contributed by atoms with Crippen LogP contribution in [0.5, 0.6) is 0 Å². The van der Waals surface area contributed by atoms with Crippen LogP contribution in [0, 0.1) is 5.92 Å². The van der Waals surface area contributed by atoms with E-state index in [0.717, 1.165) is 19.3 Å². The largest absolute Gasteiger partial charge is 0.479 e. The number of carboxylic acids is 1. The van der Waals surface area contributed by atoms with Crippen molar-refractivity contribution in [2.24, 2.45) is 5.92 Å². The van der Waals surface area contributed by atoms with Crippen molar-refractivity contribution < 1.29 is 23.9 Å². The average molecular weight is 454 g/mol. The van der Waals surface area contributed by atoms with Gasteiger partial charge in [-0.3, -0.25) is 4.79 Å². The summed E-state index contributed by atoms with van der Waals surface area (Å²) in [7, 11) is -0.303. The molecule has 0 aromatic heterocycles. The van der Waals surface area contributed by atoms with E-state index in [-0.39, 0.29) is 23.4 Å². The first-order valence-electron chi connectivity index (χ1n) is 11.2. The minimum atomic E-state index is -2.01. The number of nitrogens with zero attached hydrogens (tertiary/aromatic N) is 1. The second kappa shape index (κ2) is 9.73. The van der Waals surface area contributed by atoms with Gasteiger partial charge in [0.1, 0.15) is 11.6 Å². The highest BCUT2D eigenvalue weighted by Gasteiger charge is 2.60. The first kappa shape index (κ1) is 25.4. The lowest BCUT2D eigenvalue weighted by Crippen LogP contribution is -2.56. The molecular weight excluding hydrogens is 414 g/mol. The maximum atomic E-state index is 13.1. The van der Waals surface area contributed by atoms with Crippen molar-refractivity contribution in [3.8, 4) is 0 Å². The summed E-state index contributed by atoms with van der Waals surface area (Å²) in [6.45, 7) is 11.6. The summed E-state index contributed by atoms with van der Waals surface area (Å²) in [6.07, 6.45) is 7.12. The van der Waals surface area contributed by atoms with Crippen LogP contribution in [0.3, 0.4) is 0 Å². The van der Waals surface area contributed by atoms with Gasteiger partial charge in [0.05, 0.1) is 0 Å². The fourth-order valence-corrected chi connectivity index (χ4v) is 4.48. The Hall–Kier alpha value is -1.87. The van der Waals surface area contributed by atoms with Crippen LogP contribution in [-0.2, 0) is 14.0 Å². The number of hydrogen-bond acceptors (Lipinski definition) is 4. The van der Waals surface area contributed by atoms with Crippen LogP contribution in [0.25, 0.3) is 0 Å². The van der Waals surface area contributed by atoms with E-state index in [0.29, 0.717) is 19.6 Å². The van der Waals surface area contributed by atoms with Crippen molar-refractivity contribution in [2.45, 2.75) is 82.6 Å². The fourth-order valence-electron chi connectivity index (χ4n) is 3.42. The van der Waals surface area contributed by atoms with Crippen molar-refractivity contribution in [3.05, 3.63) is 12.2 Å². The molecule has 0 aromatic carbocycles. The van der Waals surface area contributed by atoms with E-state index < -0.39 is 31.8 Å². The van der Waals surface area contributed by atoms with Crippen molar-refractivity contribution in [3.63, 3.8) is 0 Å². The number of rotatable bonds is 5. The lowest BCUT2D eigenvalue weighted by Gasteiger charge is -2.36. The molecule has 9 heteroatoms. The average Bonchev–Trinajstić information content (AvgIpc) is 3.35. The van der Waals surface area contributed by atoms with Crippen molar-refractivity contribution in [1.82, 2.24) is 15.5 Å². The van der Waals surface area contributed by atoms with E-state index in [1.54, 1.807) is 11.9 Å². The summed E-state index contributed by atoms with van der Waals surface area (Å²) in [4.78, 5) is 39.2. The Morgan fingerprint density at radius 2 is 2.00 bits per heavy atom. The highest BCUT2D eigenvalue weighted by Crippen LogP contribution is 2.45. The van der Waals surface area contributed by atoms with Crippen LogP contribution in [0.2, 0.25) is 18.1 Å². The van der Waals surface area contributed by atoms with Gasteiger partial charge >= 0.3 is 12.0 Å². The first-order valence-corrected chi connectivity index (χ1v) is 14.1. The Morgan fingerprint density at radius 3 is 2.61 bits per heavy atom. The second-order valence-electron chi connectivity index (χ2n) is 10.3. The molecular formula is C22H39N3O5Si. The van der Waals surface area contributed by atoms with Crippen molar-refractivity contribution >= 4 is 26.2 Å². The van der Waals surface area contributed by atoms with Gasteiger partial charge < -0.3 is 25.1 Å². The van der Waals surface area contributed by atoms with Gasteiger partial charge in [0, 0.05) is 26.1 Å². The maximum Gasteiger partial charge on any atom is 0.330 e. The smallest absolute Gasteiger partial charge is 0.330 e. The number of amides is 3. The minimum absolute atomic E-state index is 0.0307. The van der Waals surface area contributed by atoms with E-state index in [1.165, 1.54) is 0 Å². The van der Waals surface area contributed by atoms with E-state index in [9.17, 15) is 19.5 Å². The molecule has 3 atom stereocenters. The zero-order valence-electron chi connectivity index (χ0n) is 19.8. The van der Waals surface area contributed by atoms with Gasteiger partial charge in [-0.1, -0.05) is 32.9 Å². The molecule has 2 aliphatic rings. The predicted octanol–water partition coefficient (Wildman–Crippen LogP) is 3.11. The van der Waals surface area contributed by atoms with Crippen LogP contribution < -0.4 is 10.6 Å². The van der Waals surface area contributed by atoms with E-state index >= 15 is 0 Å². The lowest BCUT2D eigenvalue weighted by atomic mass is 10.1. The highest BCUT2D eigenvalue weighted by molar-refractivity contribution is 6.74. The molecule has 3 N–H and O–H groups in total. The molecule has 1 aliphatic heterocycles. The van der Waals surface area contributed by atoms with Gasteiger partial charge in [0.2, 0.25) is 5.91 Å². The zero-order chi connectivity index (χ0) is 23.4. The predicted molar refractivity (Wildman–Crippen MR) is 122 cm³/mol.